The molecule has 0 atom stereocenters. The Morgan fingerprint density at radius 1 is 0.971 bits per heavy atom. The molecule has 4 rings (SSSR count). The second kappa shape index (κ2) is 10.0. The van der Waals surface area contributed by atoms with Crippen molar-refractivity contribution in [2.24, 2.45) is 0 Å². The molecule has 0 aliphatic heterocycles. The molecule has 2 aromatic carbocycles. The third-order valence-electron chi connectivity index (χ3n) is 5.64. The fourth-order valence-electron chi connectivity index (χ4n) is 3.86. The van der Waals surface area contributed by atoms with Crippen molar-refractivity contribution in [3.05, 3.63) is 89.9 Å². The van der Waals surface area contributed by atoms with E-state index in [4.69, 9.17) is 0 Å². The molecule has 2 aromatic heterocycles. The lowest BCUT2D eigenvalue weighted by Crippen LogP contribution is -2.25. The number of carboxylic acids is 1. The van der Waals surface area contributed by atoms with Crippen molar-refractivity contribution in [1.82, 2.24) is 14.9 Å². The second-order valence-electron chi connectivity index (χ2n) is 8.03. The number of nitrogens with zero attached hydrogens (tertiary/aromatic N) is 2. The average Bonchev–Trinajstić information content (AvgIpc) is 3.21. The molecule has 0 radical (unpaired) electrons. The quantitative estimate of drug-likeness (QED) is 0.320. The third kappa shape index (κ3) is 5.51. The highest BCUT2D eigenvalue weighted by atomic mass is 19.4. The lowest BCUT2D eigenvalue weighted by Gasteiger charge is -2.08. The molecule has 180 valence electrons. The summed E-state index contributed by atoms with van der Waals surface area (Å²) in [4.78, 5) is 27.0. The number of pyridine rings is 1. The summed E-state index contributed by atoms with van der Waals surface area (Å²) < 4.78 is 39.8. The number of rotatable bonds is 8. The van der Waals surface area contributed by atoms with Gasteiger partial charge in [-0.15, -0.1) is 0 Å². The Balaban J connectivity index is 1.40. The number of amides is 1. The van der Waals surface area contributed by atoms with Gasteiger partial charge in [0.1, 0.15) is 5.69 Å². The summed E-state index contributed by atoms with van der Waals surface area (Å²) in [5, 5.41) is 13.0. The molecule has 9 heteroatoms. The number of hydrogen-bond donors (Lipinski definition) is 2. The Morgan fingerprint density at radius 2 is 1.71 bits per heavy atom. The number of unbranched alkanes of at least 4 members (excludes halogenated alkanes) is 1. The van der Waals surface area contributed by atoms with Crippen LogP contribution < -0.4 is 5.32 Å². The molecule has 0 unspecified atom stereocenters. The Kier molecular flexibility index (Phi) is 6.86. The number of carbonyl (C=O) groups is 2. The molecule has 0 fully saturated rings. The van der Waals surface area contributed by atoms with Gasteiger partial charge in [-0.3, -0.25) is 9.78 Å². The molecule has 35 heavy (non-hydrogen) atoms. The van der Waals surface area contributed by atoms with E-state index in [1.165, 1.54) is 0 Å². The van der Waals surface area contributed by atoms with Crippen molar-refractivity contribution in [3.8, 4) is 11.1 Å². The van der Waals surface area contributed by atoms with Crippen LogP contribution in [0.25, 0.3) is 22.0 Å². The fourth-order valence-corrected chi connectivity index (χ4v) is 3.86. The van der Waals surface area contributed by atoms with E-state index in [0.717, 1.165) is 40.4 Å². The van der Waals surface area contributed by atoms with Crippen LogP contribution in [0.4, 0.5) is 13.2 Å². The summed E-state index contributed by atoms with van der Waals surface area (Å²) in [5.41, 5.74) is 2.05. The maximum Gasteiger partial charge on any atom is 0.433 e. The number of aryl methyl sites for hydroxylation is 1. The van der Waals surface area contributed by atoms with Crippen molar-refractivity contribution < 1.29 is 27.9 Å². The minimum absolute atomic E-state index is 0.0584. The molecule has 1 amide bonds. The molecule has 0 aliphatic carbocycles. The van der Waals surface area contributed by atoms with Crippen LogP contribution in [0.15, 0.2) is 73.1 Å². The van der Waals surface area contributed by atoms with Gasteiger partial charge in [0.15, 0.2) is 0 Å². The van der Waals surface area contributed by atoms with Crippen LogP contribution in [-0.2, 0) is 12.7 Å². The van der Waals surface area contributed by atoms with Crippen LogP contribution in [0, 0.1) is 0 Å². The lowest BCUT2D eigenvalue weighted by atomic mass is 10.0. The van der Waals surface area contributed by atoms with E-state index in [9.17, 15) is 27.9 Å². The highest BCUT2D eigenvalue weighted by Crippen LogP contribution is 2.32. The molecule has 0 aliphatic rings. The van der Waals surface area contributed by atoms with Crippen LogP contribution in [0.1, 0.15) is 39.3 Å². The van der Waals surface area contributed by atoms with Gasteiger partial charge < -0.3 is 15.0 Å². The van der Waals surface area contributed by atoms with E-state index < -0.39 is 23.7 Å². The second-order valence-corrected chi connectivity index (χ2v) is 8.03. The Hall–Kier alpha value is -4.14. The number of aromatic nitrogens is 2. The number of carboxylic acid groups (broad SMARTS) is 1. The molecule has 0 saturated heterocycles. The summed E-state index contributed by atoms with van der Waals surface area (Å²) in [6.45, 7) is 0.940. The van der Waals surface area contributed by atoms with Gasteiger partial charge in [-0.2, -0.15) is 13.2 Å². The van der Waals surface area contributed by atoms with Crippen molar-refractivity contribution in [1.29, 1.82) is 0 Å². The van der Waals surface area contributed by atoms with Gasteiger partial charge in [-0.05, 0) is 42.7 Å². The summed E-state index contributed by atoms with van der Waals surface area (Å²) in [7, 11) is 0. The fraction of sp³-hybridized carbons (Fsp3) is 0.192. The highest BCUT2D eigenvalue weighted by molar-refractivity contribution is 6.00. The van der Waals surface area contributed by atoms with Crippen LogP contribution in [0.2, 0.25) is 0 Å². The van der Waals surface area contributed by atoms with E-state index in [1.807, 2.05) is 47.2 Å². The number of hydrogen-bond acceptors (Lipinski definition) is 3. The van der Waals surface area contributed by atoms with E-state index in [0.29, 0.717) is 25.9 Å². The van der Waals surface area contributed by atoms with Crippen LogP contribution in [-0.4, -0.2) is 33.1 Å². The van der Waals surface area contributed by atoms with E-state index in [-0.39, 0.29) is 11.1 Å². The maximum absolute atomic E-state index is 12.6. The van der Waals surface area contributed by atoms with E-state index >= 15 is 0 Å². The number of alkyl halides is 3. The Labute approximate surface area is 199 Å². The predicted octanol–water partition coefficient (Wildman–Crippen LogP) is 5.63. The normalized spacial score (nSPS) is 11.5. The molecule has 4 aromatic rings. The predicted molar refractivity (Wildman–Crippen MR) is 125 cm³/mol. The zero-order valence-corrected chi connectivity index (χ0v) is 18.5. The van der Waals surface area contributed by atoms with Gasteiger partial charge in [-0.25, -0.2) is 4.79 Å². The topological polar surface area (TPSA) is 84.2 Å². The van der Waals surface area contributed by atoms with Crippen molar-refractivity contribution >= 4 is 22.8 Å². The largest absolute Gasteiger partial charge is 0.478 e. The SMILES string of the molecule is O=C(O)c1ccc2c(-c3ccccc3)cn(CCCCNC(=O)c3ccc(C(F)(F)F)nc3)c2c1. The maximum atomic E-state index is 12.6. The lowest BCUT2D eigenvalue weighted by molar-refractivity contribution is -0.141. The van der Waals surface area contributed by atoms with Crippen LogP contribution in [0.5, 0.6) is 0 Å². The van der Waals surface area contributed by atoms with Gasteiger partial charge in [0, 0.05) is 41.9 Å². The van der Waals surface area contributed by atoms with Crippen molar-refractivity contribution in [2.75, 3.05) is 6.54 Å². The first kappa shape index (κ1) is 24.0. The highest BCUT2D eigenvalue weighted by Gasteiger charge is 2.32. The van der Waals surface area contributed by atoms with Gasteiger partial charge in [0.05, 0.1) is 11.1 Å². The smallest absolute Gasteiger partial charge is 0.433 e. The summed E-state index contributed by atoms with van der Waals surface area (Å²) >= 11 is 0. The number of halogens is 3. The number of aromatic carboxylic acids is 1. The van der Waals surface area contributed by atoms with Crippen molar-refractivity contribution in [2.45, 2.75) is 25.6 Å². The summed E-state index contributed by atoms with van der Waals surface area (Å²) in [6, 6.07) is 16.8. The van der Waals surface area contributed by atoms with Gasteiger partial charge in [-0.1, -0.05) is 36.4 Å². The standard InChI is InChI=1S/C26H22F3N3O3/c27-26(28,29)23-11-9-19(15-31-23)24(33)30-12-4-5-13-32-16-21(17-6-2-1-3-7-17)20-10-8-18(25(34)35)14-22(20)32/h1-3,6-11,14-16H,4-5,12-13H2,(H,30,33)(H,34,35). The van der Waals surface area contributed by atoms with Gasteiger partial charge >= 0.3 is 12.1 Å². The minimum atomic E-state index is -4.55. The molecule has 0 spiro atoms. The first-order valence-electron chi connectivity index (χ1n) is 11.0. The minimum Gasteiger partial charge on any atom is -0.478 e. The monoisotopic (exact) mass is 481 g/mol. The number of fused-ring (bicyclic) bond motifs is 1. The molecule has 0 bridgehead atoms. The summed E-state index contributed by atoms with van der Waals surface area (Å²) in [5.74, 6) is -1.49. The zero-order valence-electron chi connectivity index (χ0n) is 18.5. The molecular formula is C26H22F3N3O3. The van der Waals surface area contributed by atoms with E-state index in [2.05, 4.69) is 10.3 Å². The molecular weight excluding hydrogens is 459 g/mol. The molecule has 0 saturated carbocycles. The van der Waals surface area contributed by atoms with Crippen molar-refractivity contribution in [3.63, 3.8) is 0 Å². The summed E-state index contributed by atoms with van der Waals surface area (Å²) in [6.07, 6.45) is -0.323. The van der Waals surface area contributed by atoms with E-state index in [1.54, 1.807) is 12.1 Å². The third-order valence-corrected chi connectivity index (χ3v) is 5.64. The number of carbonyl (C=O) groups excluding carboxylic acids is 1. The first-order valence-corrected chi connectivity index (χ1v) is 11.0. The zero-order chi connectivity index (χ0) is 25.0. The number of nitrogens with one attached hydrogen (secondary N) is 1. The molecule has 2 heterocycles. The van der Waals surface area contributed by atoms with Gasteiger partial charge in [0.25, 0.3) is 5.91 Å². The van der Waals surface area contributed by atoms with Gasteiger partial charge in [0.2, 0.25) is 0 Å². The number of benzene rings is 2. The molecule has 6 nitrogen and oxygen atoms in total. The average molecular weight is 481 g/mol. The Morgan fingerprint density at radius 3 is 2.37 bits per heavy atom. The van der Waals surface area contributed by atoms with Crippen LogP contribution in [0.3, 0.4) is 0 Å². The molecule has 2 N–H and O–H groups in total. The van der Waals surface area contributed by atoms with Crippen LogP contribution >= 0.6 is 0 Å². The first-order chi connectivity index (χ1) is 16.7. The Bertz CT molecular complexity index is 1350.